The van der Waals surface area contributed by atoms with Crippen molar-refractivity contribution in [3.63, 3.8) is 0 Å². The third-order valence-corrected chi connectivity index (χ3v) is 18.8. The lowest BCUT2D eigenvalue weighted by atomic mass is 9.80. The minimum atomic E-state index is -1.79. The molecular formula is C70H68N7O10P. The molecule has 7 aromatic carbocycles. The Labute approximate surface area is 513 Å². The first-order valence-electron chi connectivity index (χ1n) is 29.6. The zero-order chi connectivity index (χ0) is 60.9. The van der Waals surface area contributed by atoms with Crippen LogP contribution in [0.2, 0.25) is 0 Å². The molecule has 12 rings (SSSR count). The second-order valence-electron chi connectivity index (χ2n) is 22.3. The number of anilines is 1. The number of fused-ring (bicyclic) bond motifs is 7. The first kappa shape index (κ1) is 59.5. The van der Waals surface area contributed by atoms with E-state index in [1.54, 1.807) is 25.1 Å². The van der Waals surface area contributed by atoms with Gasteiger partial charge in [0.25, 0.3) is 8.53 Å². The van der Waals surface area contributed by atoms with Crippen LogP contribution in [0.25, 0.3) is 33.4 Å². The minimum absolute atomic E-state index is 0.000462. The Morgan fingerprint density at radius 3 is 1.59 bits per heavy atom. The molecule has 3 heterocycles. The largest absolute Gasteiger partial charge is 0.497 e. The lowest BCUT2D eigenvalue weighted by Crippen LogP contribution is -2.40. The summed E-state index contributed by atoms with van der Waals surface area (Å²) >= 11 is 0. The predicted octanol–water partition coefficient (Wildman–Crippen LogP) is 14.5. The van der Waals surface area contributed by atoms with Crippen molar-refractivity contribution in [2.45, 2.75) is 88.5 Å². The topological polar surface area (TPSA) is 182 Å². The Morgan fingerprint density at radius 2 is 1.11 bits per heavy atom. The van der Waals surface area contributed by atoms with Gasteiger partial charge in [0.2, 0.25) is 0 Å². The number of imidazole rings is 1. The molecular weight excluding hydrogens is 1130 g/mol. The molecule has 1 aliphatic heterocycles. The summed E-state index contributed by atoms with van der Waals surface area (Å²) in [6, 6.07) is 60.0. The highest BCUT2D eigenvalue weighted by Gasteiger charge is 2.46. The number of carbonyl (C=O) groups is 2. The first-order chi connectivity index (χ1) is 43.0. The molecule has 1 fully saturated rings. The summed E-state index contributed by atoms with van der Waals surface area (Å²) in [4.78, 5) is 45.1. The highest BCUT2D eigenvalue weighted by atomic mass is 31.2. The lowest BCUT2D eigenvalue weighted by Gasteiger charge is -2.39. The molecule has 0 saturated carbocycles. The fourth-order valence-electron chi connectivity index (χ4n) is 12.6. The molecule has 3 aliphatic rings. The van der Waals surface area contributed by atoms with Gasteiger partial charge in [0, 0.05) is 30.3 Å². The van der Waals surface area contributed by atoms with Gasteiger partial charge in [0.15, 0.2) is 17.0 Å². The van der Waals surface area contributed by atoms with E-state index in [0.717, 1.165) is 66.1 Å². The Kier molecular flexibility index (Phi) is 17.7. The Balaban J connectivity index is 0.910. The number of nitrogens with zero attached hydrogens (tertiary/aromatic N) is 7. The molecule has 88 heavy (non-hydrogen) atoms. The molecule has 9 aromatic rings. The van der Waals surface area contributed by atoms with Gasteiger partial charge in [-0.15, -0.1) is 0 Å². The molecule has 2 aliphatic carbocycles. The van der Waals surface area contributed by atoms with Gasteiger partial charge in [0.1, 0.15) is 49.0 Å². The van der Waals surface area contributed by atoms with Crippen molar-refractivity contribution >= 4 is 37.7 Å². The van der Waals surface area contributed by atoms with Crippen LogP contribution in [0.5, 0.6) is 11.5 Å². The molecule has 448 valence electrons. The van der Waals surface area contributed by atoms with Crippen LogP contribution in [0.4, 0.5) is 15.4 Å². The lowest BCUT2D eigenvalue weighted by molar-refractivity contribution is -0.0912. The average Bonchev–Trinajstić information content (AvgIpc) is 2.67. The zero-order valence-corrected chi connectivity index (χ0v) is 50.7. The van der Waals surface area contributed by atoms with Gasteiger partial charge in [-0.05, 0) is 113 Å². The Morgan fingerprint density at radius 1 is 0.636 bits per heavy atom. The molecule has 2 amide bonds. The molecule has 0 radical (unpaired) electrons. The van der Waals surface area contributed by atoms with Crippen LogP contribution in [0, 0.1) is 11.3 Å². The fourth-order valence-corrected chi connectivity index (χ4v) is 14.4. The number of nitriles is 1. The van der Waals surface area contributed by atoms with Crippen LogP contribution in [0.1, 0.15) is 97.5 Å². The van der Waals surface area contributed by atoms with E-state index in [4.69, 9.17) is 47.4 Å². The van der Waals surface area contributed by atoms with E-state index in [-0.39, 0.29) is 80.2 Å². The van der Waals surface area contributed by atoms with Crippen LogP contribution in [0.15, 0.2) is 189 Å². The van der Waals surface area contributed by atoms with Crippen molar-refractivity contribution in [3.8, 4) is 39.8 Å². The van der Waals surface area contributed by atoms with Crippen LogP contribution in [0.3, 0.4) is 0 Å². The molecule has 2 aromatic heterocycles. The maximum Gasteiger partial charge on any atom is 0.425 e. The van der Waals surface area contributed by atoms with E-state index in [2.05, 4.69) is 67.7 Å². The van der Waals surface area contributed by atoms with E-state index in [0.29, 0.717) is 11.5 Å². The van der Waals surface area contributed by atoms with Gasteiger partial charge in [0.05, 0.1) is 52.4 Å². The first-order valence-corrected chi connectivity index (χ1v) is 30.7. The minimum Gasteiger partial charge on any atom is -0.497 e. The van der Waals surface area contributed by atoms with Gasteiger partial charge in [-0.1, -0.05) is 152 Å². The third kappa shape index (κ3) is 11.5. The highest BCUT2D eigenvalue weighted by molar-refractivity contribution is 7.44. The second kappa shape index (κ2) is 26.2. The summed E-state index contributed by atoms with van der Waals surface area (Å²) in [5.74, 6) is 0.593. The second-order valence-corrected chi connectivity index (χ2v) is 23.7. The Hall–Kier alpha value is -8.85. The van der Waals surface area contributed by atoms with E-state index in [9.17, 15) is 5.26 Å². The maximum atomic E-state index is 15.0. The summed E-state index contributed by atoms with van der Waals surface area (Å²) in [6.45, 7) is 8.31. The summed E-state index contributed by atoms with van der Waals surface area (Å²) in [5, 5.41) is 9.66. The Bertz CT molecular complexity index is 3710. The molecule has 18 heteroatoms. The van der Waals surface area contributed by atoms with E-state index >= 15 is 9.59 Å². The fraction of sp³-hybridized carbons (Fsp3) is 0.286. The summed E-state index contributed by atoms with van der Waals surface area (Å²) in [5.41, 5.74) is 9.88. The average molecular weight is 1200 g/mol. The number of carbonyl (C=O) groups excluding carboxylic acids is 2. The third-order valence-electron chi connectivity index (χ3n) is 16.6. The number of methoxy groups -OCH3 is 2. The number of imide groups is 1. The summed E-state index contributed by atoms with van der Waals surface area (Å²) in [7, 11) is 1.48. The molecule has 4 atom stereocenters. The van der Waals surface area contributed by atoms with Crippen molar-refractivity contribution in [2.75, 3.05) is 45.5 Å². The van der Waals surface area contributed by atoms with Crippen molar-refractivity contribution in [1.82, 2.24) is 24.2 Å². The number of hydrogen-bond acceptors (Lipinski definition) is 15. The number of rotatable bonds is 22. The van der Waals surface area contributed by atoms with Crippen molar-refractivity contribution in [2.24, 2.45) is 0 Å². The van der Waals surface area contributed by atoms with Crippen LogP contribution in [-0.4, -0.2) is 101 Å². The van der Waals surface area contributed by atoms with Crippen molar-refractivity contribution in [1.29, 1.82) is 5.26 Å². The molecule has 17 nitrogen and oxygen atoms in total. The van der Waals surface area contributed by atoms with Gasteiger partial charge in [-0.3, -0.25) is 4.57 Å². The van der Waals surface area contributed by atoms with Gasteiger partial charge >= 0.3 is 12.2 Å². The zero-order valence-electron chi connectivity index (χ0n) is 49.8. The monoisotopic (exact) mass is 1200 g/mol. The quantitative estimate of drug-likeness (QED) is 0.0355. The molecule has 0 bridgehead atoms. The number of benzene rings is 7. The molecule has 1 saturated heterocycles. The summed E-state index contributed by atoms with van der Waals surface area (Å²) < 4.78 is 56.1. The van der Waals surface area contributed by atoms with Crippen LogP contribution < -0.4 is 14.4 Å². The maximum absolute atomic E-state index is 15.0. The number of ether oxygens (including phenoxy) is 6. The van der Waals surface area contributed by atoms with Gasteiger partial charge in [-0.2, -0.15) is 10.2 Å². The van der Waals surface area contributed by atoms with E-state index in [1.807, 2.05) is 152 Å². The van der Waals surface area contributed by atoms with E-state index < -0.39 is 44.7 Å². The van der Waals surface area contributed by atoms with E-state index in [1.165, 1.54) is 6.33 Å². The molecule has 0 spiro atoms. The SMILES string of the molecule is COc1ccc(C(OC[C@H]2O[C@@H](n3cnc4c(N(C(=O)OCC5c6ccccc6-c6ccccc65)C(=O)OCC5c6ccccc6-c6ccccc65)ncnc43)C[C@@H]2OP(OCCC#N)N(C(C)C)C(C)C)(c2ccccc2)c2ccc(OC)cc2)cc1. The number of aromatic nitrogens is 4. The van der Waals surface area contributed by atoms with Crippen molar-refractivity contribution in [3.05, 3.63) is 228 Å². The number of hydrogen-bond donors (Lipinski definition) is 0. The van der Waals surface area contributed by atoms with Gasteiger partial charge in [-0.25, -0.2) is 29.2 Å². The number of amides is 2. The van der Waals surface area contributed by atoms with Crippen LogP contribution >= 0.6 is 8.53 Å². The normalized spacial score (nSPS) is 16.5. The molecule has 0 N–H and O–H groups in total. The predicted molar refractivity (Wildman–Crippen MR) is 335 cm³/mol. The summed E-state index contributed by atoms with van der Waals surface area (Å²) in [6.07, 6.45) is -1.02. The highest BCUT2D eigenvalue weighted by Crippen LogP contribution is 2.52. The molecule has 1 unspecified atom stereocenters. The smallest absolute Gasteiger partial charge is 0.425 e. The van der Waals surface area contributed by atoms with Crippen molar-refractivity contribution < 1.29 is 47.1 Å². The standard InChI is InChI=1S/C70H68N7O10P/c1-45(2)77(46(3)4)88(85-38-18-37-71)87-62-39-64(86-63(62)42-84-70(47-19-8-7-9-20-47,48-29-33-50(80-5)34-30-48)49-31-35-51(81-6)36-32-49)75-44-74-65-66(75)72-43-73-67(65)76(68(78)82-40-60-56-25-14-10-21-52(56)53-22-11-15-26-57(53)60)69(79)83-41-61-58-27-16-12-23-54(58)55-24-13-17-28-59(55)61/h7-17,19-36,43-46,60-64H,18,38-42H2,1-6H3/t62-,63+,64+,88?/m0/s1. The van der Waals surface area contributed by atoms with Crippen LogP contribution in [-0.2, 0) is 33.6 Å². The van der Waals surface area contributed by atoms with Gasteiger partial charge < -0.3 is 37.5 Å².